The zero-order valence-corrected chi connectivity index (χ0v) is 13.9. The highest BCUT2D eigenvalue weighted by Crippen LogP contribution is 2.52. The molecule has 4 rings (SSSR count). The molecule has 0 saturated heterocycles. The number of benzene rings is 1. The molecule has 2 aliphatic rings. The van der Waals surface area contributed by atoms with Gasteiger partial charge < -0.3 is 13.9 Å². The van der Waals surface area contributed by atoms with E-state index in [1.807, 2.05) is 12.2 Å². The highest BCUT2D eigenvalue weighted by atomic mass is 16.5. The Morgan fingerprint density at radius 2 is 1.91 bits per heavy atom. The Morgan fingerprint density at radius 3 is 2.70 bits per heavy atom. The predicted octanol–water partition coefficient (Wildman–Crippen LogP) is 3.94. The van der Waals surface area contributed by atoms with E-state index in [9.17, 15) is 4.79 Å². The Kier molecular flexibility index (Phi) is 2.75. The van der Waals surface area contributed by atoms with Crippen molar-refractivity contribution in [3.63, 3.8) is 0 Å². The van der Waals surface area contributed by atoms with Crippen LogP contribution >= 0.6 is 0 Å². The summed E-state index contributed by atoms with van der Waals surface area (Å²) < 4.78 is 17.9. The molecule has 4 heteroatoms. The van der Waals surface area contributed by atoms with E-state index in [-0.39, 0.29) is 10.8 Å². The summed E-state index contributed by atoms with van der Waals surface area (Å²) in [6.07, 6.45) is 6.12. The fraction of sp³-hybridized carbons (Fsp3) is 0.421. The molecule has 0 atom stereocenters. The van der Waals surface area contributed by atoms with E-state index in [0.29, 0.717) is 23.3 Å². The molecule has 3 heterocycles. The van der Waals surface area contributed by atoms with Crippen LogP contribution in [-0.4, -0.2) is 12.2 Å². The van der Waals surface area contributed by atoms with Crippen LogP contribution < -0.4 is 14.9 Å². The molecular formula is C19H20O4. The summed E-state index contributed by atoms with van der Waals surface area (Å²) in [5.74, 6) is 1.40. The summed E-state index contributed by atoms with van der Waals surface area (Å²) in [7, 11) is 0. The van der Waals surface area contributed by atoms with Crippen molar-refractivity contribution in [2.45, 2.75) is 39.7 Å². The average molecular weight is 312 g/mol. The van der Waals surface area contributed by atoms with Crippen molar-refractivity contribution in [1.82, 2.24) is 0 Å². The van der Waals surface area contributed by atoms with Crippen LogP contribution in [0.25, 0.3) is 17.0 Å². The van der Waals surface area contributed by atoms with Crippen LogP contribution in [-0.2, 0) is 6.42 Å². The molecule has 0 unspecified atom stereocenters. The van der Waals surface area contributed by atoms with Crippen molar-refractivity contribution in [3.8, 4) is 11.5 Å². The summed E-state index contributed by atoms with van der Waals surface area (Å²) in [6, 6.07) is 1.44. The largest absolute Gasteiger partial charge is 0.488 e. The second-order valence-electron chi connectivity index (χ2n) is 7.43. The third-order valence-electron chi connectivity index (χ3n) is 5.36. The van der Waals surface area contributed by atoms with Crippen molar-refractivity contribution in [2.75, 3.05) is 6.61 Å². The van der Waals surface area contributed by atoms with Crippen molar-refractivity contribution >= 4 is 17.0 Å². The summed E-state index contributed by atoms with van der Waals surface area (Å²) in [5.41, 5.74) is 1.79. The highest BCUT2D eigenvalue weighted by Gasteiger charge is 2.46. The van der Waals surface area contributed by atoms with Gasteiger partial charge in [0.15, 0.2) is 11.0 Å². The van der Waals surface area contributed by atoms with Crippen LogP contribution in [0.3, 0.4) is 0 Å². The van der Waals surface area contributed by atoms with Crippen molar-refractivity contribution in [3.05, 3.63) is 39.8 Å². The van der Waals surface area contributed by atoms with Gasteiger partial charge in [-0.3, -0.25) is 4.79 Å². The fourth-order valence-electron chi connectivity index (χ4n) is 3.29. The smallest absolute Gasteiger partial charge is 0.196 e. The molecule has 4 nitrogen and oxygen atoms in total. The van der Waals surface area contributed by atoms with Crippen LogP contribution in [0.1, 0.15) is 38.8 Å². The summed E-state index contributed by atoms with van der Waals surface area (Å²) in [5, 5.41) is 0.514. The number of rotatable bonds is 0. The van der Waals surface area contributed by atoms with Gasteiger partial charge in [0, 0.05) is 17.0 Å². The SMILES string of the molecule is CC1(C)Cc2c3c(c4occc(=O)c4c2OC1(C)C)C=CCO3. The van der Waals surface area contributed by atoms with Crippen LogP contribution in [0.15, 0.2) is 27.6 Å². The van der Waals surface area contributed by atoms with Crippen molar-refractivity contribution in [2.24, 2.45) is 5.41 Å². The predicted molar refractivity (Wildman–Crippen MR) is 89.2 cm³/mol. The molecule has 1 aromatic heterocycles. The summed E-state index contributed by atoms with van der Waals surface area (Å²) in [4.78, 5) is 12.5. The number of hydrogen-bond acceptors (Lipinski definition) is 4. The molecule has 2 aromatic rings. The van der Waals surface area contributed by atoms with Crippen molar-refractivity contribution < 1.29 is 13.9 Å². The van der Waals surface area contributed by atoms with E-state index in [1.165, 1.54) is 12.3 Å². The van der Waals surface area contributed by atoms with E-state index < -0.39 is 5.60 Å². The quantitative estimate of drug-likeness (QED) is 0.739. The van der Waals surface area contributed by atoms with Crippen LogP contribution in [0.2, 0.25) is 0 Å². The van der Waals surface area contributed by atoms with E-state index in [2.05, 4.69) is 27.7 Å². The fourth-order valence-corrected chi connectivity index (χ4v) is 3.29. The molecule has 1 aromatic carbocycles. The lowest BCUT2D eigenvalue weighted by Crippen LogP contribution is -2.49. The standard InChI is InChI=1S/C19H20O4/c1-18(2)10-12-15-11(6-5-8-21-15)16-14(13(20)7-9-22-16)17(12)23-19(18,3)4/h5-7,9H,8,10H2,1-4H3. The van der Waals surface area contributed by atoms with Crippen LogP contribution in [0, 0.1) is 5.41 Å². The van der Waals surface area contributed by atoms with Crippen molar-refractivity contribution in [1.29, 1.82) is 0 Å². The maximum absolute atomic E-state index is 12.5. The Hall–Kier alpha value is -2.23. The zero-order valence-electron chi connectivity index (χ0n) is 13.9. The van der Waals surface area contributed by atoms with Gasteiger partial charge in [-0.1, -0.05) is 13.8 Å². The first-order valence-electron chi connectivity index (χ1n) is 7.90. The molecule has 120 valence electrons. The molecule has 0 radical (unpaired) electrons. The molecular weight excluding hydrogens is 292 g/mol. The topological polar surface area (TPSA) is 48.7 Å². The molecule has 0 amide bonds. The van der Waals surface area contributed by atoms with Gasteiger partial charge in [-0.15, -0.1) is 0 Å². The summed E-state index contributed by atoms with van der Waals surface area (Å²) >= 11 is 0. The van der Waals surface area contributed by atoms with E-state index in [0.717, 1.165) is 23.3 Å². The van der Waals surface area contributed by atoms with Gasteiger partial charge in [0.1, 0.15) is 29.1 Å². The molecule has 23 heavy (non-hydrogen) atoms. The zero-order chi connectivity index (χ0) is 16.4. The second kappa shape index (κ2) is 4.40. The Morgan fingerprint density at radius 1 is 1.13 bits per heavy atom. The first kappa shape index (κ1) is 14.4. The molecule has 0 aliphatic carbocycles. The molecule has 0 spiro atoms. The lowest BCUT2D eigenvalue weighted by molar-refractivity contribution is -0.0265. The maximum atomic E-state index is 12.5. The first-order chi connectivity index (χ1) is 10.8. The van der Waals surface area contributed by atoms with Gasteiger partial charge in [-0.05, 0) is 32.4 Å². The van der Waals surface area contributed by atoms with E-state index in [1.54, 1.807) is 0 Å². The van der Waals surface area contributed by atoms with E-state index >= 15 is 0 Å². The normalized spacial score (nSPS) is 20.3. The lowest BCUT2D eigenvalue weighted by atomic mass is 9.70. The second-order valence-corrected chi connectivity index (χ2v) is 7.43. The Balaban J connectivity index is 2.16. The number of ether oxygens (including phenoxy) is 2. The minimum absolute atomic E-state index is 0.0824. The summed E-state index contributed by atoms with van der Waals surface area (Å²) in [6.45, 7) is 9.00. The minimum atomic E-state index is -0.395. The van der Waals surface area contributed by atoms with Crippen LogP contribution in [0.5, 0.6) is 11.5 Å². The third-order valence-corrected chi connectivity index (χ3v) is 5.36. The van der Waals surface area contributed by atoms with E-state index in [4.69, 9.17) is 13.9 Å². The third kappa shape index (κ3) is 1.87. The number of fused-ring (bicyclic) bond motifs is 6. The van der Waals surface area contributed by atoms with Gasteiger partial charge >= 0.3 is 0 Å². The molecule has 0 fully saturated rings. The molecule has 0 saturated carbocycles. The molecule has 0 bridgehead atoms. The van der Waals surface area contributed by atoms with Gasteiger partial charge in [0.25, 0.3) is 0 Å². The monoisotopic (exact) mass is 312 g/mol. The molecule has 0 N–H and O–H groups in total. The molecule has 2 aliphatic heterocycles. The first-order valence-corrected chi connectivity index (χ1v) is 7.90. The van der Waals surface area contributed by atoms with Gasteiger partial charge in [-0.2, -0.15) is 0 Å². The Labute approximate surface area is 134 Å². The number of hydrogen-bond donors (Lipinski definition) is 0. The average Bonchev–Trinajstić information content (AvgIpc) is 2.49. The van der Waals surface area contributed by atoms with Gasteiger partial charge in [-0.25, -0.2) is 0 Å². The minimum Gasteiger partial charge on any atom is -0.488 e. The maximum Gasteiger partial charge on any atom is 0.196 e. The van der Waals surface area contributed by atoms with Gasteiger partial charge in [0.05, 0.1) is 11.8 Å². The van der Waals surface area contributed by atoms with Gasteiger partial charge in [0.2, 0.25) is 0 Å². The Bertz CT molecular complexity index is 900. The van der Waals surface area contributed by atoms with Crippen LogP contribution in [0.4, 0.5) is 0 Å². The highest BCUT2D eigenvalue weighted by molar-refractivity contribution is 5.95. The lowest BCUT2D eigenvalue weighted by Gasteiger charge is -2.47.